The van der Waals surface area contributed by atoms with Crippen LogP contribution < -0.4 is 0 Å². The number of aliphatic hydroxyl groups is 1. The second-order valence-corrected chi connectivity index (χ2v) is 17.6. The van der Waals surface area contributed by atoms with Crippen LogP contribution in [0.25, 0.3) is 22.1 Å². The number of carbonyl (C=O) groups excluding carboxylic acids is 3. The summed E-state index contributed by atoms with van der Waals surface area (Å²) in [5.74, 6) is -0.0211. The fourth-order valence-corrected chi connectivity index (χ4v) is 10.4. The Hall–Kier alpha value is -4.37. The third-order valence-corrected chi connectivity index (χ3v) is 13.5. The molecule has 0 spiro atoms. The van der Waals surface area contributed by atoms with Gasteiger partial charge >= 0.3 is 5.97 Å². The number of hydrogen-bond acceptors (Lipinski definition) is 7. The van der Waals surface area contributed by atoms with Gasteiger partial charge in [-0.3, -0.25) is 14.4 Å². The Labute approximate surface area is 366 Å². The molecule has 2 N–H and O–H groups in total. The number of aryl methyl sites for hydroxylation is 1. The number of furan rings is 1. The second-order valence-electron chi connectivity index (χ2n) is 15.3. The van der Waals surface area contributed by atoms with E-state index in [-0.39, 0.29) is 36.0 Å². The van der Waals surface area contributed by atoms with Crippen molar-refractivity contribution >= 4 is 73.7 Å². The number of fused-ring (bicyclic) bond motifs is 3. The number of rotatable bonds is 11. The van der Waals surface area contributed by atoms with Crippen LogP contribution in [0.5, 0.6) is 5.75 Å². The maximum Gasteiger partial charge on any atom is 0.316 e. The van der Waals surface area contributed by atoms with Crippen molar-refractivity contribution in [3.8, 4) is 16.9 Å². The second kappa shape index (κ2) is 18.3. The highest BCUT2D eigenvalue weighted by Crippen LogP contribution is 2.43. The molecule has 3 unspecified atom stereocenters. The SMILES string of the molecule is CCc1oc2ccccc2c1C(=O)c1cc(I)c(O)c(I)c1.C[N+]1(CC(=O)c2ccc(-c3ccccc3)cc2)C2CCC1CC(OC(=O)C(CO)c1ccccc1)C2. The molecule has 6 aromatic rings. The van der Waals surface area contributed by atoms with Gasteiger partial charge in [-0.25, -0.2) is 0 Å². The average molecular weight is 1000 g/mol. The quantitative estimate of drug-likeness (QED) is 0.0575. The number of likely N-dealkylation sites (N-methyl/N-ethyl adjacent to an activating group) is 1. The number of para-hydroxylation sites is 1. The number of ether oxygens (including phenoxy) is 1. The van der Waals surface area contributed by atoms with Crippen LogP contribution in [0.2, 0.25) is 0 Å². The van der Waals surface area contributed by atoms with Crippen molar-refractivity contribution in [3.05, 3.63) is 156 Å². The van der Waals surface area contributed by atoms with E-state index in [4.69, 9.17) is 9.15 Å². The summed E-state index contributed by atoms with van der Waals surface area (Å²) in [6, 6.07) is 39.0. The van der Waals surface area contributed by atoms with Gasteiger partial charge in [-0.2, -0.15) is 0 Å². The number of phenolic OH excluding ortho intramolecular Hbond substituents is 1. The maximum absolute atomic E-state index is 13.3. The smallest absolute Gasteiger partial charge is 0.316 e. The standard InChI is InChI=1S/C31H34NO4.C17H12I2O3/c1-32(20-30(34)25-14-12-23(13-15-25)22-8-4-2-5-9-22)26-16-17-27(32)19-28(18-26)36-31(35)29(21-33)24-10-6-3-7-11-24;1-2-13-15(10-5-3-4-6-14(10)22-13)16(20)9-7-11(18)17(21)12(19)8-9/h2-15,26-29,33H,16-21H2,1H3;3-8,21H,2H2,1H3/q+1;. The Balaban J connectivity index is 0.000000199. The van der Waals surface area contributed by atoms with E-state index in [1.807, 2.05) is 149 Å². The van der Waals surface area contributed by atoms with Gasteiger partial charge in [-0.05, 0) is 80.1 Å². The van der Waals surface area contributed by atoms with Crippen molar-refractivity contribution in [2.75, 3.05) is 20.2 Å². The molecule has 1 aromatic heterocycles. The Morgan fingerprint density at radius 1 is 0.793 bits per heavy atom. The fraction of sp³-hybridized carbons (Fsp3) is 0.271. The Bertz CT molecular complexity index is 2380. The minimum absolute atomic E-state index is 0.0716. The zero-order chi connectivity index (χ0) is 41.0. The average Bonchev–Trinajstić information content (AvgIpc) is 3.66. The molecule has 0 saturated carbocycles. The van der Waals surface area contributed by atoms with Crippen LogP contribution in [0.1, 0.15) is 76.1 Å². The van der Waals surface area contributed by atoms with E-state index in [9.17, 15) is 24.6 Å². The summed E-state index contributed by atoms with van der Waals surface area (Å²) in [4.78, 5) is 39.2. The van der Waals surface area contributed by atoms with Gasteiger partial charge < -0.3 is 23.9 Å². The first-order chi connectivity index (χ1) is 28.0. The molecule has 298 valence electrons. The zero-order valence-corrected chi connectivity index (χ0v) is 36.8. The first-order valence-corrected chi connectivity index (χ1v) is 21.8. The van der Waals surface area contributed by atoms with Crippen molar-refractivity contribution in [2.24, 2.45) is 0 Å². The maximum atomic E-state index is 13.3. The minimum atomic E-state index is -0.660. The molecule has 3 atom stereocenters. The highest BCUT2D eigenvalue weighted by molar-refractivity contribution is 14.1. The molecule has 58 heavy (non-hydrogen) atoms. The van der Waals surface area contributed by atoms with Crippen LogP contribution in [0.3, 0.4) is 0 Å². The van der Waals surface area contributed by atoms with Crippen LogP contribution >= 0.6 is 45.2 Å². The molecule has 0 radical (unpaired) electrons. The van der Waals surface area contributed by atoms with Crippen LogP contribution in [-0.4, -0.2) is 70.6 Å². The number of carbonyl (C=O) groups is 3. The molecule has 3 heterocycles. The number of hydrogen-bond donors (Lipinski definition) is 2. The molecule has 2 aliphatic rings. The Kier molecular flexibility index (Phi) is 13.2. The number of ketones is 2. The summed E-state index contributed by atoms with van der Waals surface area (Å²) in [6.07, 6.45) is 4.08. The number of aromatic hydroxyl groups is 1. The van der Waals surface area contributed by atoms with Gasteiger partial charge in [0.1, 0.15) is 35.7 Å². The summed E-state index contributed by atoms with van der Waals surface area (Å²) in [5, 5.41) is 20.5. The van der Waals surface area contributed by atoms with Crippen LogP contribution in [-0.2, 0) is 16.0 Å². The van der Waals surface area contributed by atoms with Crippen molar-refractivity contribution in [3.63, 3.8) is 0 Å². The number of halogens is 2. The van der Waals surface area contributed by atoms with Crippen molar-refractivity contribution in [2.45, 2.75) is 63.1 Å². The zero-order valence-electron chi connectivity index (χ0n) is 32.4. The molecule has 8 rings (SSSR count). The van der Waals surface area contributed by atoms with E-state index in [1.54, 1.807) is 12.1 Å². The molecule has 0 amide bonds. The first-order valence-electron chi connectivity index (χ1n) is 19.6. The molecule has 5 aromatic carbocycles. The van der Waals surface area contributed by atoms with Gasteiger partial charge in [0.25, 0.3) is 0 Å². The number of phenols is 1. The summed E-state index contributed by atoms with van der Waals surface area (Å²) in [5.41, 5.74) is 5.67. The molecule has 10 heteroatoms. The lowest BCUT2D eigenvalue weighted by molar-refractivity contribution is -0.941. The topological polar surface area (TPSA) is 114 Å². The lowest BCUT2D eigenvalue weighted by Gasteiger charge is -2.46. The molecule has 0 aliphatic carbocycles. The highest BCUT2D eigenvalue weighted by atomic mass is 127. The van der Waals surface area contributed by atoms with Gasteiger partial charge in [0, 0.05) is 48.6 Å². The number of Topliss-reactive ketones (excluding diaryl/α,β-unsaturated/α-hetero) is 1. The molecule has 8 nitrogen and oxygen atoms in total. The number of quaternary nitrogens is 1. The molecule has 2 fully saturated rings. The molecule has 2 bridgehead atoms. The normalized spacial score (nSPS) is 20.2. The number of benzene rings is 5. The number of esters is 1. The van der Waals surface area contributed by atoms with Crippen LogP contribution in [0, 0.1) is 7.14 Å². The van der Waals surface area contributed by atoms with E-state index in [2.05, 4.69) is 19.2 Å². The number of nitrogens with zero attached hydrogens (tertiary/aromatic N) is 1. The van der Waals surface area contributed by atoms with E-state index in [0.29, 0.717) is 49.1 Å². The molecule has 2 saturated heterocycles. The van der Waals surface area contributed by atoms with Crippen molar-refractivity contribution in [1.29, 1.82) is 0 Å². The number of piperidine rings is 1. The Morgan fingerprint density at radius 2 is 1.36 bits per heavy atom. The predicted octanol–water partition coefficient (Wildman–Crippen LogP) is 10.1. The summed E-state index contributed by atoms with van der Waals surface area (Å²) < 4.78 is 13.8. The van der Waals surface area contributed by atoms with Gasteiger partial charge in [-0.15, -0.1) is 0 Å². The summed E-state index contributed by atoms with van der Waals surface area (Å²) >= 11 is 4.06. The summed E-state index contributed by atoms with van der Waals surface area (Å²) in [7, 11) is 2.19. The highest BCUT2D eigenvalue weighted by Gasteiger charge is 2.53. The van der Waals surface area contributed by atoms with Crippen molar-refractivity contribution in [1.82, 2.24) is 0 Å². The van der Waals surface area contributed by atoms with Gasteiger partial charge in [-0.1, -0.05) is 110 Å². The van der Waals surface area contributed by atoms with Gasteiger partial charge in [0.05, 0.1) is 38.4 Å². The lowest BCUT2D eigenvalue weighted by Crippen LogP contribution is -2.60. The van der Waals surface area contributed by atoms with E-state index in [1.165, 1.54) is 0 Å². The molecular weight excluding hydrogens is 956 g/mol. The monoisotopic (exact) mass is 1000 g/mol. The Morgan fingerprint density at radius 3 is 1.97 bits per heavy atom. The minimum Gasteiger partial charge on any atom is -0.506 e. The van der Waals surface area contributed by atoms with E-state index >= 15 is 0 Å². The van der Waals surface area contributed by atoms with Gasteiger partial charge in [0.15, 0.2) is 5.78 Å². The predicted molar refractivity (Wildman–Crippen MR) is 242 cm³/mol. The third-order valence-electron chi connectivity index (χ3n) is 11.8. The number of aliphatic hydroxyl groups excluding tert-OH is 1. The lowest BCUT2D eigenvalue weighted by atomic mass is 9.94. The fourth-order valence-electron chi connectivity index (χ4n) is 8.61. The molecule has 2 aliphatic heterocycles. The van der Waals surface area contributed by atoms with E-state index in [0.717, 1.165) is 63.4 Å². The third kappa shape index (κ3) is 8.80. The molecular formula is C48H46I2NO7+. The van der Waals surface area contributed by atoms with Crippen molar-refractivity contribution < 1.29 is 38.2 Å². The largest absolute Gasteiger partial charge is 0.506 e. The van der Waals surface area contributed by atoms with Crippen LogP contribution in [0.4, 0.5) is 0 Å². The van der Waals surface area contributed by atoms with Crippen LogP contribution in [0.15, 0.2) is 126 Å². The summed E-state index contributed by atoms with van der Waals surface area (Å²) in [6.45, 7) is 2.16. The van der Waals surface area contributed by atoms with E-state index < -0.39 is 5.92 Å². The van der Waals surface area contributed by atoms with Gasteiger partial charge in [0.2, 0.25) is 5.78 Å². The first kappa shape index (κ1) is 41.8.